The predicted molar refractivity (Wildman–Crippen MR) is 119 cm³/mol. The number of ketones is 1. The van der Waals surface area contributed by atoms with E-state index in [1.54, 1.807) is 17.9 Å². The highest BCUT2D eigenvalue weighted by atomic mass is 16.3. The Kier molecular flexibility index (Phi) is 4.15. The maximum atomic E-state index is 12.2. The number of Topliss-reactive ketones (excluding diaryl/α,β-unsaturated/α-hetero) is 1. The zero-order chi connectivity index (χ0) is 22.9. The molecule has 0 amide bonds. The minimum absolute atomic E-state index is 0.103. The molecular weight excluding hydrogens is 422 g/mol. The number of hydrogen-bond donors (Lipinski definition) is 3. The molecule has 33 heavy (non-hydrogen) atoms. The lowest BCUT2D eigenvalue weighted by Gasteiger charge is -2.23. The quantitative estimate of drug-likeness (QED) is 0.410. The molecule has 6 rings (SSSR count). The van der Waals surface area contributed by atoms with E-state index >= 15 is 0 Å². The Bertz CT molecular complexity index is 1460. The van der Waals surface area contributed by atoms with Crippen molar-refractivity contribution in [3.8, 4) is 11.8 Å². The van der Waals surface area contributed by atoms with E-state index in [1.807, 2.05) is 30.3 Å². The number of aromatic nitrogens is 4. The maximum Gasteiger partial charge on any atom is 0.209 e. The standard InChI is InChI=1S/C24H21N5O4/c1-12(30)24-10-15(24)19(20(31)21(24)32)29-11-26-18-22(25-2)27-17(28-23(18)29)8-7-14-9-13-5-3-4-6-16(13)33-14/h3-6,9,11,15,19-21,31-32H,10H2,1-2H3,(H,25,27,28)/t15?,19-,20+,21?,24+/m1/s1. The molecule has 2 aliphatic carbocycles. The second kappa shape index (κ2) is 6.88. The molecule has 9 nitrogen and oxygen atoms in total. The minimum Gasteiger partial charge on any atom is -0.448 e. The van der Waals surface area contributed by atoms with E-state index in [0.29, 0.717) is 29.2 Å². The van der Waals surface area contributed by atoms with E-state index < -0.39 is 23.7 Å². The zero-order valence-corrected chi connectivity index (χ0v) is 18.0. The molecule has 2 fully saturated rings. The van der Waals surface area contributed by atoms with Gasteiger partial charge in [-0.2, -0.15) is 0 Å². The van der Waals surface area contributed by atoms with Crippen molar-refractivity contribution in [3.05, 3.63) is 48.2 Å². The van der Waals surface area contributed by atoms with Gasteiger partial charge in [0.2, 0.25) is 5.82 Å². The van der Waals surface area contributed by atoms with Gasteiger partial charge in [0.15, 0.2) is 22.7 Å². The van der Waals surface area contributed by atoms with Crippen LogP contribution >= 0.6 is 0 Å². The van der Waals surface area contributed by atoms with Crippen molar-refractivity contribution in [1.29, 1.82) is 0 Å². The van der Waals surface area contributed by atoms with Gasteiger partial charge in [-0.25, -0.2) is 15.0 Å². The molecule has 0 bridgehead atoms. The highest BCUT2D eigenvalue weighted by molar-refractivity contribution is 5.88. The van der Waals surface area contributed by atoms with Crippen molar-refractivity contribution in [2.75, 3.05) is 12.4 Å². The predicted octanol–water partition coefficient (Wildman–Crippen LogP) is 1.89. The summed E-state index contributed by atoms with van der Waals surface area (Å²) in [5.41, 5.74) is 0.864. The first-order chi connectivity index (χ1) is 15.9. The number of hydrogen-bond acceptors (Lipinski definition) is 8. The molecule has 166 valence electrons. The average Bonchev–Trinajstić information content (AvgIpc) is 3.09. The van der Waals surface area contributed by atoms with Crippen LogP contribution in [0.1, 0.15) is 31.0 Å². The van der Waals surface area contributed by atoms with E-state index in [0.717, 1.165) is 11.0 Å². The summed E-state index contributed by atoms with van der Waals surface area (Å²) in [6.07, 6.45) is -0.0946. The number of benzene rings is 1. The number of nitrogens with one attached hydrogen (secondary N) is 1. The van der Waals surface area contributed by atoms with E-state index in [9.17, 15) is 15.0 Å². The highest BCUT2D eigenvalue weighted by Crippen LogP contribution is 2.68. The second-order valence-electron chi connectivity index (χ2n) is 8.70. The van der Waals surface area contributed by atoms with Crippen LogP contribution in [-0.4, -0.2) is 54.8 Å². The monoisotopic (exact) mass is 443 g/mol. The number of imidazole rings is 1. The average molecular weight is 443 g/mol. The fourth-order valence-corrected chi connectivity index (χ4v) is 5.30. The number of carbonyl (C=O) groups is 1. The van der Waals surface area contributed by atoms with Gasteiger partial charge in [-0.1, -0.05) is 18.2 Å². The number of fused-ring (bicyclic) bond motifs is 3. The normalized spacial score (nSPS) is 27.9. The second-order valence-corrected chi connectivity index (χ2v) is 8.70. The third-order valence-electron chi connectivity index (χ3n) is 7.03. The molecule has 1 aromatic carbocycles. The van der Waals surface area contributed by atoms with Crippen molar-refractivity contribution >= 4 is 33.7 Å². The van der Waals surface area contributed by atoms with Gasteiger partial charge < -0.3 is 24.5 Å². The van der Waals surface area contributed by atoms with Crippen LogP contribution in [-0.2, 0) is 4.79 Å². The molecule has 2 aliphatic rings. The summed E-state index contributed by atoms with van der Waals surface area (Å²) in [5.74, 6) is 6.90. The van der Waals surface area contributed by atoms with Crippen LogP contribution in [0, 0.1) is 23.2 Å². The van der Waals surface area contributed by atoms with E-state index in [-0.39, 0.29) is 17.5 Å². The van der Waals surface area contributed by atoms with Gasteiger partial charge in [-0.05, 0) is 37.2 Å². The van der Waals surface area contributed by atoms with Gasteiger partial charge in [0.25, 0.3) is 0 Å². The van der Waals surface area contributed by atoms with Crippen molar-refractivity contribution in [2.24, 2.45) is 11.3 Å². The third-order valence-corrected chi connectivity index (χ3v) is 7.03. The number of aliphatic hydroxyl groups is 2. The highest BCUT2D eigenvalue weighted by Gasteiger charge is 2.74. The van der Waals surface area contributed by atoms with Crippen LogP contribution in [0.5, 0.6) is 0 Å². The number of para-hydroxylation sites is 1. The molecule has 3 N–H and O–H groups in total. The molecule has 5 atom stereocenters. The van der Waals surface area contributed by atoms with Crippen LogP contribution in [0.3, 0.4) is 0 Å². The molecule has 4 aromatic rings. The Morgan fingerprint density at radius 3 is 2.82 bits per heavy atom. The molecule has 2 unspecified atom stereocenters. The Hall–Kier alpha value is -3.74. The van der Waals surface area contributed by atoms with Gasteiger partial charge in [-0.3, -0.25) is 4.79 Å². The summed E-state index contributed by atoms with van der Waals surface area (Å²) in [7, 11) is 1.73. The summed E-state index contributed by atoms with van der Waals surface area (Å²) >= 11 is 0. The Morgan fingerprint density at radius 1 is 1.27 bits per heavy atom. The van der Waals surface area contributed by atoms with Crippen LogP contribution in [0.25, 0.3) is 22.1 Å². The van der Waals surface area contributed by atoms with Gasteiger partial charge >= 0.3 is 0 Å². The van der Waals surface area contributed by atoms with Crippen molar-refractivity contribution < 1.29 is 19.4 Å². The lowest BCUT2D eigenvalue weighted by Crippen LogP contribution is -2.36. The summed E-state index contributed by atoms with van der Waals surface area (Å²) in [4.78, 5) is 25.7. The first-order valence-electron chi connectivity index (χ1n) is 10.7. The van der Waals surface area contributed by atoms with Crippen LogP contribution in [0.15, 0.2) is 41.1 Å². The van der Waals surface area contributed by atoms with Crippen LogP contribution < -0.4 is 5.32 Å². The minimum atomic E-state index is -1.11. The number of furan rings is 1. The van der Waals surface area contributed by atoms with E-state index in [1.165, 1.54) is 6.92 Å². The molecule has 0 aliphatic heterocycles. The van der Waals surface area contributed by atoms with Crippen molar-refractivity contribution in [2.45, 2.75) is 31.6 Å². The number of aliphatic hydroxyl groups excluding tert-OH is 2. The third kappa shape index (κ3) is 2.74. The fourth-order valence-electron chi connectivity index (χ4n) is 5.30. The Balaban J connectivity index is 1.43. The van der Waals surface area contributed by atoms with Crippen molar-refractivity contribution in [1.82, 2.24) is 19.5 Å². The molecule has 0 saturated heterocycles. The largest absolute Gasteiger partial charge is 0.448 e. The topological polar surface area (TPSA) is 126 Å². The number of anilines is 1. The number of carbonyl (C=O) groups excluding carboxylic acids is 1. The first-order valence-corrected chi connectivity index (χ1v) is 10.7. The maximum absolute atomic E-state index is 12.2. The van der Waals surface area contributed by atoms with Gasteiger partial charge in [-0.15, -0.1) is 0 Å². The number of nitrogens with zero attached hydrogens (tertiary/aromatic N) is 4. The lowest BCUT2D eigenvalue weighted by atomic mass is 9.95. The molecule has 2 saturated carbocycles. The van der Waals surface area contributed by atoms with E-state index in [4.69, 9.17) is 4.42 Å². The fraction of sp³-hybridized carbons (Fsp3) is 0.333. The first kappa shape index (κ1) is 19.9. The Morgan fingerprint density at radius 2 is 2.09 bits per heavy atom. The molecule has 0 spiro atoms. The molecular formula is C24H21N5O4. The summed E-state index contributed by atoms with van der Waals surface area (Å²) in [6, 6.07) is 9.00. The van der Waals surface area contributed by atoms with Gasteiger partial charge in [0.05, 0.1) is 23.9 Å². The van der Waals surface area contributed by atoms with Gasteiger partial charge in [0.1, 0.15) is 17.5 Å². The summed E-state index contributed by atoms with van der Waals surface area (Å²) in [6.45, 7) is 1.47. The molecule has 9 heteroatoms. The SMILES string of the molecule is CNc1nc(C#Cc2cc3ccccc3o2)nc2c1ncn2[C@@H]1C2C[C@@]2(C(C)=O)C(O)[C@H]1O. The summed E-state index contributed by atoms with van der Waals surface area (Å²) < 4.78 is 7.48. The van der Waals surface area contributed by atoms with E-state index in [2.05, 4.69) is 32.1 Å². The molecule has 3 aromatic heterocycles. The van der Waals surface area contributed by atoms with Crippen LogP contribution in [0.2, 0.25) is 0 Å². The smallest absolute Gasteiger partial charge is 0.209 e. The number of rotatable bonds is 3. The molecule has 3 heterocycles. The summed E-state index contributed by atoms with van der Waals surface area (Å²) in [5, 5.41) is 25.4. The van der Waals surface area contributed by atoms with Crippen molar-refractivity contribution in [3.63, 3.8) is 0 Å². The van der Waals surface area contributed by atoms with Crippen LogP contribution in [0.4, 0.5) is 5.82 Å². The zero-order valence-electron chi connectivity index (χ0n) is 18.0. The van der Waals surface area contributed by atoms with Gasteiger partial charge in [0, 0.05) is 18.5 Å². The Labute approximate surface area is 188 Å². The lowest BCUT2D eigenvalue weighted by molar-refractivity contribution is -0.128. The molecule has 0 radical (unpaired) electrons.